The lowest BCUT2D eigenvalue weighted by Gasteiger charge is -2.50. The lowest BCUT2D eigenvalue weighted by Crippen LogP contribution is -2.53. The van der Waals surface area contributed by atoms with Crippen molar-refractivity contribution in [1.29, 1.82) is 0 Å². The number of likely N-dealkylation sites (tertiary alicyclic amines) is 1. The molecule has 5 aliphatic rings. The summed E-state index contributed by atoms with van der Waals surface area (Å²) >= 11 is 9.85. The summed E-state index contributed by atoms with van der Waals surface area (Å²) in [5.41, 5.74) is 3.67. The fourth-order valence-corrected chi connectivity index (χ4v) is 10.3. The summed E-state index contributed by atoms with van der Waals surface area (Å²) in [7, 11) is 1.43. The van der Waals surface area contributed by atoms with E-state index in [0.717, 1.165) is 42.7 Å². The highest BCUT2D eigenvalue weighted by atomic mass is 79.9. The minimum absolute atomic E-state index is 0.128. The molecule has 3 aromatic rings. The van der Waals surface area contributed by atoms with E-state index < -0.39 is 52.6 Å². The Labute approximate surface area is 307 Å². The maximum absolute atomic E-state index is 15.3. The first-order chi connectivity index (χ1) is 24.6. The van der Waals surface area contributed by atoms with E-state index in [4.69, 9.17) is 16.3 Å². The second kappa shape index (κ2) is 12.8. The predicted octanol–water partition coefficient (Wildman–Crippen LogP) is 7.27. The third-order valence-electron chi connectivity index (χ3n) is 11.8. The summed E-state index contributed by atoms with van der Waals surface area (Å²) in [6, 6.07) is 15.5. The normalized spacial score (nSPS) is 29.1. The number of rotatable bonds is 6. The van der Waals surface area contributed by atoms with E-state index in [1.54, 1.807) is 36.4 Å². The largest absolute Gasteiger partial charge is 0.503 e. The second-order valence-corrected chi connectivity index (χ2v) is 15.6. The number of methoxy groups -OCH3 is 1. The van der Waals surface area contributed by atoms with E-state index in [9.17, 15) is 23.9 Å². The van der Waals surface area contributed by atoms with Gasteiger partial charge in [-0.2, -0.15) is 5.01 Å². The van der Waals surface area contributed by atoms with Crippen LogP contribution in [-0.2, 0) is 24.6 Å². The molecule has 2 saturated carbocycles. The molecular weight excluding hydrogens is 741 g/mol. The molecule has 2 heterocycles. The first kappa shape index (κ1) is 33.9. The zero-order chi connectivity index (χ0) is 35.8. The highest BCUT2D eigenvalue weighted by Crippen LogP contribution is 2.65. The SMILES string of the molecule is COc1cc(C2C3=CCC4C(=O)N(C5CCCCC5)C(=O)C4C3CC3C(=O)N(Nc4ccc(F)cc4)C(=O)C32c2ccc(Cl)cc2)cc(Br)c1O. The lowest BCUT2D eigenvalue weighted by atomic mass is 9.49. The van der Waals surface area contributed by atoms with E-state index in [2.05, 4.69) is 21.4 Å². The molecule has 0 spiro atoms. The molecular formula is C39H36BrClFN3O6. The number of benzene rings is 3. The summed E-state index contributed by atoms with van der Waals surface area (Å²) in [4.78, 5) is 60.1. The number of fused-ring (bicyclic) bond motifs is 4. The van der Waals surface area contributed by atoms with Gasteiger partial charge >= 0.3 is 0 Å². The van der Waals surface area contributed by atoms with Crippen molar-refractivity contribution in [2.24, 2.45) is 23.7 Å². The van der Waals surface area contributed by atoms with Crippen LogP contribution in [0.3, 0.4) is 0 Å². The zero-order valence-corrected chi connectivity index (χ0v) is 30.1. The Hall–Kier alpha value is -4.22. The number of nitrogens with one attached hydrogen (secondary N) is 1. The number of allylic oxidation sites excluding steroid dienone is 2. The fraction of sp³-hybridized carbons (Fsp3) is 0.385. The number of hydrogen-bond acceptors (Lipinski definition) is 7. The molecule has 2 aliphatic heterocycles. The minimum Gasteiger partial charge on any atom is -0.503 e. The van der Waals surface area contributed by atoms with Gasteiger partial charge in [-0.25, -0.2) is 4.39 Å². The van der Waals surface area contributed by atoms with Crippen molar-refractivity contribution in [3.63, 3.8) is 0 Å². The van der Waals surface area contributed by atoms with E-state index in [1.165, 1.54) is 36.3 Å². The molecule has 3 aromatic carbocycles. The van der Waals surface area contributed by atoms with Gasteiger partial charge in [-0.1, -0.05) is 54.6 Å². The molecule has 6 atom stereocenters. The highest BCUT2D eigenvalue weighted by molar-refractivity contribution is 9.10. The number of nitrogens with zero attached hydrogens (tertiary/aromatic N) is 2. The van der Waals surface area contributed by atoms with Gasteiger partial charge in [0.25, 0.3) is 11.8 Å². The molecule has 12 heteroatoms. The number of carbonyl (C=O) groups excluding carboxylic acids is 4. The van der Waals surface area contributed by atoms with Crippen molar-refractivity contribution >= 4 is 56.8 Å². The Morgan fingerprint density at radius 2 is 1.65 bits per heavy atom. The van der Waals surface area contributed by atoms with Crippen LogP contribution >= 0.6 is 27.5 Å². The van der Waals surface area contributed by atoms with Crippen LogP contribution in [0.2, 0.25) is 5.02 Å². The number of carbonyl (C=O) groups is 4. The maximum Gasteiger partial charge on any atom is 0.260 e. The van der Waals surface area contributed by atoms with Gasteiger partial charge in [0.15, 0.2) is 11.5 Å². The summed E-state index contributed by atoms with van der Waals surface area (Å²) < 4.78 is 19.8. The number of amides is 4. The van der Waals surface area contributed by atoms with Gasteiger partial charge in [0.2, 0.25) is 11.8 Å². The number of hydrazine groups is 1. The summed E-state index contributed by atoms with van der Waals surface area (Å²) in [5, 5.41) is 12.3. The number of aromatic hydroxyl groups is 1. The molecule has 0 aromatic heterocycles. The van der Waals surface area contributed by atoms with Gasteiger partial charge in [-0.05, 0) is 107 Å². The molecule has 3 aliphatic carbocycles. The maximum atomic E-state index is 15.3. The van der Waals surface area contributed by atoms with Gasteiger partial charge < -0.3 is 9.84 Å². The summed E-state index contributed by atoms with van der Waals surface area (Å²) in [5.74, 6) is -5.39. The van der Waals surface area contributed by atoms with Gasteiger partial charge in [-0.15, -0.1) is 0 Å². The van der Waals surface area contributed by atoms with Crippen LogP contribution in [0.1, 0.15) is 62.0 Å². The molecule has 8 rings (SSSR count). The van der Waals surface area contributed by atoms with Crippen LogP contribution < -0.4 is 10.2 Å². The Kier molecular flexibility index (Phi) is 8.49. The molecule has 0 radical (unpaired) electrons. The van der Waals surface area contributed by atoms with Gasteiger partial charge in [0.05, 0.1) is 40.4 Å². The Balaban J connectivity index is 1.33. The monoisotopic (exact) mass is 775 g/mol. The molecule has 4 fully saturated rings. The average Bonchev–Trinajstić information content (AvgIpc) is 3.51. The fourth-order valence-electron chi connectivity index (χ4n) is 9.67. The van der Waals surface area contributed by atoms with Crippen LogP contribution in [0.15, 0.2) is 76.8 Å². The number of hydrogen-bond donors (Lipinski definition) is 2. The molecule has 9 nitrogen and oxygen atoms in total. The number of ether oxygens (including phenoxy) is 1. The second-order valence-electron chi connectivity index (χ2n) is 14.3. The topological polar surface area (TPSA) is 116 Å². The molecule has 2 N–H and O–H groups in total. The number of imide groups is 2. The smallest absolute Gasteiger partial charge is 0.260 e. The van der Waals surface area contributed by atoms with E-state index in [0.29, 0.717) is 32.7 Å². The van der Waals surface area contributed by atoms with Crippen molar-refractivity contribution in [1.82, 2.24) is 9.91 Å². The van der Waals surface area contributed by atoms with Crippen molar-refractivity contribution in [2.75, 3.05) is 12.5 Å². The number of phenolic OH excluding ortho intramolecular Hbond substituents is 1. The first-order valence-corrected chi connectivity index (χ1v) is 18.5. The minimum atomic E-state index is -1.54. The van der Waals surface area contributed by atoms with E-state index in [-0.39, 0.29) is 35.8 Å². The Morgan fingerprint density at radius 1 is 0.941 bits per heavy atom. The first-order valence-electron chi connectivity index (χ1n) is 17.4. The van der Waals surface area contributed by atoms with Gasteiger partial charge in [0, 0.05) is 17.0 Å². The molecule has 6 unspecified atom stereocenters. The summed E-state index contributed by atoms with van der Waals surface area (Å²) in [6.45, 7) is 0. The van der Waals surface area contributed by atoms with Crippen molar-refractivity contribution in [3.05, 3.63) is 98.8 Å². The molecule has 264 valence electrons. The quantitative estimate of drug-likeness (QED) is 0.200. The van der Waals surface area contributed by atoms with Crippen LogP contribution in [0.4, 0.5) is 10.1 Å². The third-order valence-corrected chi connectivity index (χ3v) is 12.7. The average molecular weight is 777 g/mol. The number of halogens is 3. The Morgan fingerprint density at radius 3 is 2.33 bits per heavy atom. The van der Waals surface area contributed by atoms with Crippen molar-refractivity contribution in [3.8, 4) is 11.5 Å². The van der Waals surface area contributed by atoms with Crippen LogP contribution in [0.5, 0.6) is 11.5 Å². The standard InChI is InChI=1S/C39H36BrClFN3O6/c1-51-31-18-20(17-30(40)34(31)46)33-26-15-16-27-32(37(49)44(35(27)47)25-5-3-2-4-6-25)28(26)19-29-36(48)45(43-24-13-11-23(42)12-14-24)38(50)39(29,33)21-7-9-22(41)10-8-21/h7-15,17-18,25,27-29,32-33,43,46H,2-6,16,19H2,1H3. The third kappa shape index (κ3) is 5.13. The number of phenols is 1. The molecule has 51 heavy (non-hydrogen) atoms. The van der Waals surface area contributed by atoms with Crippen molar-refractivity contribution in [2.45, 2.75) is 62.3 Å². The van der Waals surface area contributed by atoms with Gasteiger partial charge in [-0.3, -0.25) is 29.5 Å². The van der Waals surface area contributed by atoms with Crippen LogP contribution in [-0.4, -0.2) is 51.8 Å². The Bertz CT molecular complexity index is 1980. The lowest BCUT2D eigenvalue weighted by molar-refractivity contribution is -0.144. The molecule has 0 bridgehead atoms. The number of anilines is 1. The van der Waals surface area contributed by atoms with Crippen molar-refractivity contribution < 1.29 is 33.4 Å². The molecule has 2 saturated heterocycles. The highest BCUT2D eigenvalue weighted by Gasteiger charge is 2.70. The van der Waals surface area contributed by atoms with Crippen LogP contribution in [0.25, 0.3) is 0 Å². The van der Waals surface area contributed by atoms with Crippen LogP contribution in [0, 0.1) is 29.5 Å². The van der Waals surface area contributed by atoms with E-state index in [1.807, 2.05) is 6.08 Å². The molecule has 4 amide bonds. The van der Waals surface area contributed by atoms with E-state index >= 15 is 4.79 Å². The van der Waals surface area contributed by atoms with Gasteiger partial charge in [0.1, 0.15) is 5.82 Å². The summed E-state index contributed by atoms with van der Waals surface area (Å²) in [6.07, 6.45) is 7.03. The zero-order valence-electron chi connectivity index (χ0n) is 27.8. The predicted molar refractivity (Wildman–Crippen MR) is 190 cm³/mol.